The molecule has 1 N–H and O–H groups in total. The lowest BCUT2D eigenvalue weighted by Crippen LogP contribution is -1.98. The van der Waals surface area contributed by atoms with Crippen LogP contribution in [0.5, 0.6) is 0 Å². The molecule has 18 heavy (non-hydrogen) atoms. The minimum atomic E-state index is -1.15. The smallest absolute Gasteiger partial charge is 0.183 e. The van der Waals surface area contributed by atoms with Crippen molar-refractivity contribution < 1.29 is 8.78 Å². The Labute approximate surface area is 102 Å². The van der Waals surface area contributed by atoms with Crippen molar-refractivity contribution >= 4 is 11.4 Å². The van der Waals surface area contributed by atoms with Gasteiger partial charge in [0.15, 0.2) is 11.6 Å². The second-order valence-electron chi connectivity index (χ2n) is 3.61. The molecule has 1 aromatic heterocycles. The quantitative estimate of drug-likeness (QED) is 0.908. The third-order valence-electron chi connectivity index (χ3n) is 2.44. The van der Waals surface area contributed by atoms with E-state index in [1.165, 1.54) is 18.3 Å². The van der Waals surface area contributed by atoms with Crippen molar-refractivity contribution in [3.05, 3.63) is 41.7 Å². The van der Waals surface area contributed by atoms with E-state index in [2.05, 4.69) is 10.4 Å². The van der Waals surface area contributed by atoms with Gasteiger partial charge in [-0.1, -0.05) is 0 Å². The van der Waals surface area contributed by atoms with Crippen LogP contribution in [0.4, 0.5) is 20.2 Å². The van der Waals surface area contributed by atoms with E-state index in [4.69, 9.17) is 5.26 Å². The van der Waals surface area contributed by atoms with Crippen LogP contribution >= 0.6 is 0 Å². The van der Waals surface area contributed by atoms with E-state index in [1.807, 2.05) is 6.92 Å². The number of anilines is 2. The van der Waals surface area contributed by atoms with Crippen LogP contribution in [-0.2, 0) is 6.54 Å². The summed E-state index contributed by atoms with van der Waals surface area (Å²) in [7, 11) is 0. The van der Waals surface area contributed by atoms with Gasteiger partial charge in [0, 0.05) is 12.7 Å². The lowest BCUT2D eigenvalue weighted by Gasteiger charge is -2.06. The van der Waals surface area contributed by atoms with Gasteiger partial charge in [0.2, 0.25) is 0 Å². The molecule has 1 heterocycles. The van der Waals surface area contributed by atoms with E-state index < -0.39 is 11.6 Å². The maximum absolute atomic E-state index is 13.6. The zero-order valence-electron chi connectivity index (χ0n) is 9.61. The van der Waals surface area contributed by atoms with Crippen LogP contribution in [0.1, 0.15) is 12.5 Å². The van der Waals surface area contributed by atoms with E-state index in [9.17, 15) is 8.78 Å². The summed E-state index contributed by atoms with van der Waals surface area (Å²) in [5.41, 5.74) is 0.212. The molecular weight excluding hydrogens is 238 g/mol. The number of nitrogens with one attached hydrogen (secondary N) is 1. The molecule has 0 saturated heterocycles. The highest BCUT2D eigenvalue weighted by atomic mass is 19.2. The summed E-state index contributed by atoms with van der Waals surface area (Å²) >= 11 is 0. The number of aryl methyl sites for hydroxylation is 1. The molecule has 0 unspecified atom stereocenters. The molecule has 0 bridgehead atoms. The Kier molecular flexibility index (Phi) is 3.24. The molecule has 2 aromatic rings. The molecule has 0 spiro atoms. The van der Waals surface area contributed by atoms with E-state index in [0.717, 1.165) is 0 Å². The first kappa shape index (κ1) is 12.0. The van der Waals surface area contributed by atoms with Crippen molar-refractivity contribution in [1.29, 1.82) is 5.26 Å². The molecular formula is C12H10F2N4. The van der Waals surface area contributed by atoms with Gasteiger partial charge in [-0.15, -0.1) is 0 Å². The summed E-state index contributed by atoms with van der Waals surface area (Å²) in [5, 5.41) is 15.3. The van der Waals surface area contributed by atoms with E-state index in [-0.39, 0.29) is 11.3 Å². The van der Waals surface area contributed by atoms with Crippen LogP contribution in [0.15, 0.2) is 24.5 Å². The zero-order valence-corrected chi connectivity index (χ0v) is 9.61. The van der Waals surface area contributed by atoms with Gasteiger partial charge in [-0.25, -0.2) is 8.78 Å². The van der Waals surface area contributed by atoms with Gasteiger partial charge in [0.25, 0.3) is 0 Å². The molecule has 0 atom stereocenters. The van der Waals surface area contributed by atoms with Crippen LogP contribution in [0, 0.1) is 23.0 Å². The Morgan fingerprint density at radius 2 is 2.17 bits per heavy atom. The van der Waals surface area contributed by atoms with E-state index in [0.29, 0.717) is 12.2 Å². The number of rotatable bonds is 3. The largest absolute Gasteiger partial charge is 0.350 e. The van der Waals surface area contributed by atoms with Gasteiger partial charge < -0.3 is 5.32 Å². The molecule has 0 aliphatic rings. The minimum Gasteiger partial charge on any atom is -0.350 e. The van der Waals surface area contributed by atoms with Crippen LogP contribution in [0.3, 0.4) is 0 Å². The fourth-order valence-corrected chi connectivity index (χ4v) is 1.49. The number of hydrogen-bond acceptors (Lipinski definition) is 3. The highest BCUT2D eigenvalue weighted by molar-refractivity contribution is 5.60. The second-order valence-corrected chi connectivity index (χ2v) is 3.61. The first-order valence-electron chi connectivity index (χ1n) is 5.33. The first-order valence-corrected chi connectivity index (χ1v) is 5.33. The summed E-state index contributed by atoms with van der Waals surface area (Å²) in [4.78, 5) is 0. The SMILES string of the molecule is CCn1cc(Nc2ccc(C#N)c(F)c2F)cn1. The van der Waals surface area contributed by atoms with Crippen LogP contribution < -0.4 is 5.32 Å². The normalized spacial score (nSPS) is 10.1. The average molecular weight is 248 g/mol. The third-order valence-corrected chi connectivity index (χ3v) is 2.44. The maximum atomic E-state index is 13.6. The van der Waals surface area contributed by atoms with Crippen molar-refractivity contribution in [2.75, 3.05) is 5.32 Å². The summed E-state index contributed by atoms with van der Waals surface area (Å²) < 4.78 is 28.6. The first-order chi connectivity index (χ1) is 8.65. The van der Waals surface area contributed by atoms with Gasteiger partial charge in [0.05, 0.1) is 23.1 Å². The standard InChI is InChI=1S/C12H10F2N4/c1-2-18-7-9(6-16-18)17-10-4-3-8(5-15)11(13)12(10)14/h3-4,6-7,17H,2H2,1H3. The molecule has 4 nitrogen and oxygen atoms in total. The van der Waals surface area contributed by atoms with Crippen molar-refractivity contribution in [3.63, 3.8) is 0 Å². The fourth-order valence-electron chi connectivity index (χ4n) is 1.49. The van der Waals surface area contributed by atoms with Crippen molar-refractivity contribution in [3.8, 4) is 6.07 Å². The third kappa shape index (κ3) is 2.15. The van der Waals surface area contributed by atoms with Crippen molar-refractivity contribution in [1.82, 2.24) is 9.78 Å². The number of halogens is 2. The molecule has 0 aliphatic carbocycles. The molecule has 0 radical (unpaired) electrons. The number of nitrogens with zero attached hydrogens (tertiary/aromatic N) is 3. The lowest BCUT2D eigenvalue weighted by atomic mass is 10.2. The van der Waals surface area contributed by atoms with Crippen LogP contribution in [0.2, 0.25) is 0 Å². The minimum absolute atomic E-state index is 0.0258. The summed E-state index contributed by atoms with van der Waals surface area (Å²) in [6, 6.07) is 4.13. The predicted molar refractivity (Wildman–Crippen MR) is 62.3 cm³/mol. The Balaban J connectivity index is 2.30. The van der Waals surface area contributed by atoms with Gasteiger partial charge in [0.1, 0.15) is 6.07 Å². The average Bonchev–Trinajstić information content (AvgIpc) is 2.83. The van der Waals surface area contributed by atoms with Crippen molar-refractivity contribution in [2.24, 2.45) is 0 Å². The second kappa shape index (κ2) is 4.84. The Hall–Kier alpha value is -2.42. The summed E-state index contributed by atoms with van der Waals surface area (Å²) in [6.07, 6.45) is 3.19. The molecule has 2 rings (SSSR count). The van der Waals surface area contributed by atoms with Crippen molar-refractivity contribution in [2.45, 2.75) is 13.5 Å². The molecule has 0 aliphatic heterocycles. The van der Waals surface area contributed by atoms with E-state index >= 15 is 0 Å². The molecule has 92 valence electrons. The summed E-state index contributed by atoms with van der Waals surface area (Å²) in [6.45, 7) is 2.60. The van der Waals surface area contributed by atoms with Gasteiger partial charge >= 0.3 is 0 Å². The number of benzene rings is 1. The topological polar surface area (TPSA) is 53.6 Å². The molecule has 0 fully saturated rings. The molecule has 1 aromatic carbocycles. The number of aromatic nitrogens is 2. The lowest BCUT2D eigenvalue weighted by molar-refractivity contribution is 0.509. The monoisotopic (exact) mass is 248 g/mol. The number of nitriles is 1. The number of hydrogen-bond donors (Lipinski definition) is 1. The molecule has 6 heteroatoms. The van der Waals surface area contributed by atoms with Gasteiger partial charge in [-0.05, 0) is 19.1 Å². The van der Waals surface area contributed by atoms with Crippen LogP contribution in [-0.4, -0.2) is 9.78 Å². The maximum Gasteiger partial charge on any atom is 0.183 e. The van der Waals surface area contributed by atoms with Crippen LogP contribution in [0.25, 0.3) is 0 Å². The van der Waals surface area contributed by atoms with E-state index in [1.54, 1.807) is 16.9 Å². The predicted octanol–water partition coefficient (Wildman–Crippen LogP) is 2.80. The highest BCUT2D eigenvalue weighted by Gasteiger charge is 2.13. The van der Waals surface area contributed by atoms with Gasteiger partial charge in [-0.2, -0.15) is 10.4 Å². The zero-order chi connectivity index (χ0) is 13.1. The summed E-state index contributed by atoms with van der Waals surface area (Å²) in [5.74, 6) is -2.22. The fraction of sp³-hybridized carbons (Fsp3) is 0.167. The van der Waals surface area contributed by atoms with Gasteiger partial charge in [-0.3, -0.25) is 4.68 Å². The highest BCUT2D eigenvalue weighted by Crippen LogP contribution is 2.23. The Morgan fingerprint density at radius 1 is 1.39 bits per heavy atom. The Morgan fingerprint density at radius 3 is 2.78 bits per heavy atom. The molecule has 0 saturated carbocycles. The Bertz CT molecular complexity index is 613. The molecule has 0 amide bonds.